The highest BCUT2D eigenvalue weighted by molar-refractivity contribution is 9.10. The molecule has 6 heteroatoms. The molecule has 1 aromatic carbocycles. The molecular weight excluding hydrogens is 282 g/mol. The van der Waals surface area contributed by atoms with Gasteiger partial charge in [-0.1, -0.05) is 15.9 Å². The fourth-order valence-electron chi connectivity index (χ4n) is 1.34. The molecule has 0 fully saturated rings. The standard InChI is InChI=1S/C9H8BrNO3S/c1-14-15(12,13)6-4-8(10)7-2-3-11-9(7)5-6/h2-5,11H,1H3. The van der Waals surface area contributed by atoms with Gasteiger partial charge in [-0.25, -0.2) is 0 Å². The van der Waals surface area contributed by atoms with Crippen LogP contribution in [0.25, 0.3) is 10.9 Å². The van der Waals surface area contributed by atoms with Crippen molar-refractivity contribution in [1.82, 2.24) is 4.98 Å². The molecule has 0 saturated carbocycles. The Morgan fingerprint density at radius 3 is 2.80 bits per heavy atom. The topological polar surface area (TPSA) is 59.2 Å². The quantitative estimate of drug-likeness (QED) is 0.863. The second-order valence-electron chi connectivity index (χ2n) is 2.96. The summed E-state index contributed by atoms with van der Waals surface area (Å²) in [7, 11) is -2.50. The van der Waals surface area contributed by atoms with Crippen molar-refractivity contribution in [3.8, 4) is 0 Å². The van der Waals surface area contributed by atoms with Gasteiger partial charge in [0.15, 0.2) is 0 Å². The molecule has 1 aromatic heterocycles. The highest BCUT2D eigenvalue weighted by Crippen LogP contribution is 2.27. The van der Waals surface area contributed by atoms with Gasteiger partial charge in [0.25, 0.3) is 10.1 Å². The van der Waals surface area contributed by atoms with Crippen molar-refractivity contribution in [2.24, 2.45) is 0 Å². The third-order valence-electron chi connectivity index (χ3n) is 2.10. The molecule has 0 radical (unpaired) electrons. The van der Waals surface area contributed by atoms with Gasteiger partial charge in [-0.3, -0.25) is 4.18 Å². The Bertz CT molecular complexity index is 603. The van der Waals surface area contributed by atoms with E-state index in [1.165, 1.54) is 6.07 Å². The van der Waals surface area contributed by atoms with Gasteiger partial charge < -0.3 is 4.98 Å². The summed E-state index contributed by atoms with van der Waals surface area (Å²) >= 11 is 3.31. The van der Waals surface area contributed by atoms with Gasteiger partial charge in [-0.2, -0.15) is 8.42 Å². The lowest BCUT2D eigenvalue weighted by atomic mass is 10.2. The lowest BCUT2D eigenvalue weighted by Crippen LogP contribution is -2.02. The predicted octanol–water partition coefficient (Wildman–Crippen LogP) is 2.27. The normalized spacial score (nSPS) is 12.1. The van der Waals surface area contributed by atoms with Crippen LogP contribution in [0, 0.1) is 0 Å². The zero-order valence-electron chi connectivity index (χ0n) is 7.82. The third kappa shape index (κ3) is 1.80. The summed E-state index contributed by atoms with van der Waals surface area (Å²) in [5.74, 6) is 0. The van der Waals surface area contributed by atoms with Crippen LogP contribution in [0.5, 0.6) is 0 Å². The van der Waals surface area contributed by atoms with Crippen molar-refractivity contribution >= 4 is 37.0 Å². The number of hydrogen-bond donors (Lipinski definition) is 1. The minimum absolute atomic E-state index is 0.131. The number of aromatic amines is 1. The lowest BCUT2D eigenvalue weighted by molar-refractivity contribution is 0.398. The van der Waals surface area contributed by atoms with Crippen molar-refractivity contribution in [1.29, 1.82) is 0 Å². The third-order valence-corrected chi connectivity index (χ3v) is 4.01. The lowest BCUT2D eigenvalue weighted by Gasteiger charge is -2.02. The summed E-state index contributed by atoms with van der Waals surface area (Å²) in [4.78, 5) is 3.08. The van der Waals surface area contributed by atoms with Crippen LogP contribution in [0.3, 0.4) is 0 Å². The van der Waals surface area contributed by atoms with E-state index in [2.05, 4.69) is 25.1 Å². The minimum Gasteiger partial charge on any atom is -0.361 e. The van der Waals surface area contributed by atoms with E-state index >= 15 is 0 Å². The van der Waals surface area contributed by atoms with Crippen molar-refractivity contribution in [2.45, 2.75) is 4.90 Å². The molecule has 0 unspecified atom stereocenters. The second-order valence-corrected chi connectivity index (χ2v) is 5.53. The van der Waals surface area contributed by atoms with Gasteiger partial charge >= 0.3 is 0 Å². The number of nitrogens with one attached hydrogen (secondary N) is 1. The molecule has 1 heterocycles. The molecule has 0 bridgehead atoms. The summed E-state index contributed by atoms with van der Waals surface area (Å²) in [6.45, 7) is 0. The van der Waals surface area contributed by atoms with Crippen molar-refractivity contribution in [3.63, 3.8) is 0 Å². The van der Waals surface area contributed by atoms with E-state index < -0.39 is 10.1 Å². The molecule has 1 N–H and O–H groups in total. The maximum Gasteiger partial charge on any atom is 0.296 e. The van der Waals surface area contributed by atoms with Gasteiger partial charge in [0, 0.05) is 21.6 Å². The first kappa shape index (κ1) is 10.7. The number of aromatic nitrogens is 1. The zero-order chi connectivity index (χ0) is 11.1. The van der Waals surface area contributed by atoms with E-state index in [0.29, 0.717) is 0 Å². The van der Waals surface area contributed by atoms with Gasteiger partial charge in [0.1, 0.15) is 0 Å². The molecule has 0 aliphatic carbocycles. The molecule has 0 amide bonds. The highest BCUT2D eigenvalue weighted by atomic mass is 79.9. The van der Waals surface area contributed by atoms with Gasteiger partial charge in [0.05, 0.1) is 12.0 Å². The molecular formula is C9H8BrNO3S. The summed E-state index contributed by atoms with van der Waals surface area (Å²) < 4.78 is 28.1. The zero-order valence-corrected chi connectivity index (χ0v) is 10.2. The fourth-order valence-corrected chi connectivity index (χ4v) is 2.80. The first-order valence-corrected chi connectivity index (χ1v) is 6.32. The Kier molecular flexibility index (Phi) is 2.57. The van der Waals surface area contributed by atoms with E-state index in [4.69, 9.17) is 0 Å². The van der Waals surface area contributed by atoms with Crippen molar-refractivity contribution in [3.05, 3.63) is 28.9 Å². The smallest absolute Gasteiger partial charge is 0.296 e. The average Bonchev–Trinajstić information content (AvgIpc) is 2.66. The van der Waals surface area contributed by atoms with E-state index in [0.717, 1.165) is 22.5 Å². The first-order valence-electron chi connectivity index (χ1n) is 4.12. The second kappa shape index (κ2) is 3.62. The molecule has 2 aromatic rings. The molecule has 0 aliphatic heterocycles. The van der Waals surface area contributed by atoms with Crippen LogP contribution in [-0.2, 0) is 14.3 Å². The van der Waals surface area contributed by atoms with Crippen LogP contribution in [0.2, 0.25) is 0 Å². The van der Waals surface area contributed by atoms with Crippen molar-refractivity contribution < 1.29 is 12.6 Å². The Morgan fingerprint density at radius 1 is 1.40 bits per heavy atom. The number of hydrogen-bond acceptors (Lipinski definition) is 3. The monoisotopic (exact) mass is 289 g/mol. The number of benzene rings is 1. The maximum absolute atomic E-state index is 11.5. The largest absolute Gasteiger partial charge is 0.361 e. The Morgan fingerprint density at radius 2 is 2.13 bits per heavy atom. The Labute approximate surface area is 95.5 Å². The fraction of sp³-hybridized carbons (Fsp3) is 0.111. The Balaban J connectivity index is 2.75. The molecule has 0 atom stereocenters. The number of halogens is 1. The van der Waals surface area contributed by atoms with Crippen molar-refractivity contribution in [2.75, 3.05) is 7.11 Å². The van der Waals surface area contributed by atoms with E-state index in [1.54, 1.807) is 12.3 Å². The van der Waals surface area contributed by atoms with E-state index in [9.17, 15) is 8.42 Å². The van der Waals surface area contributed by atoms with E-state index in [1.807, 2.05) is 6.07 Å². The van der Waals surface area contributed by atoms with Gasteiger partial charge in [-0.15, -0.1) is 0 Å². The number of fused-ring (bicyclic) bond motifs is 1. The SMILES string of the molecule is COS(=O)(=O)c1cc(Br)c2cc[nH]c2c1. The van der Waals surface area contributed by atoms with Crippen LogP contribution >= 0.6 is 15.9 Å². The molecule has 4 nitrogen and oxygen atoms in total. The van der Waals surface area contributed by atoms with Gasteiger partial charge in [0.2, 0.25) is 0 Å². The summed E-state index contributed by atoms with van der Waals surface area (Å²) in [6.07, 6.45) is 1.75. The van der Waals surface area contributed by atoms with Crippen LogP contribution in [-0.4, -0.2) is 20.5 Å². The van der Waals surface area contributed by atoms with E-state index in [-0.39, 0.29) is 4.90 Å². The molecule has 80 valence electrons. The number of H-pyrrole nitrogens is 1. The average molecular weight is 290 g/mol. The number of rotatable bonds is 2. The molecule has 0 saturated heterocycles. The first-order chi connectivity index (χ1) is 7.04. The van der Waals surface area contributed by atoms with Gasteiger partial charge in [-0.05, 0) is 18.2 Å². The summed E-state index contributed by atoms with van der Waals surface area (Å²) in [6, 6.07) is 4.93. The summed E-state index contributed by atoms with van der Waals surface area (Å²) in [5, 5.41) is 0.935. The minimum atomic E-state index is -3.64. The predicted molar refractivity (Wildman–Crippen MR) is 60.2 cm³/mol. The Hall–Kier alpha value is -0.850. The molecule has 15 heavy (non-hydrogen) atoms. The molecule has 0 aliphatic rings. The molecule has 2 rings (SSSR count). The van der Waals surface area contributed by atoms with Crippen LogP contribution in [0.1, 0.15) is 0 Å². The summed E-state index contributed by atoms with van der Waals surface area (Å²) in [5.41, 5.74) is 0.750. The van der Waals surface area contributed by atoms with Crippen LogP contribution in [0.4, 0.5) is 0 Å². The molecule has 0 spiro atoms. The maximum atomic E-state index is 11.5. The van der Waals surface area contributed by atoms with Crippen LogP contribution in [0.15, 0.2) is 33.8 Å². The highest BCUT2D eigenvalue weighted by Gasteiger charge is 2.15. The van der Waals surface area contributed by atoms with Crippen LogP contribution < -0.4 is 0 Å².